The summed E-state index contributed by atoms with van der Waals surface area (Å²) in [5, 5.41) is 2.88. The van der Waals surface area contributed by atoms with E-state index in [4.69, 9.17) is 0 Å². The molecule has 1 amide bonds. The number of carbonyl (C=O) groups excluding carboxylic acids is 2. The van der Waals surface area contributed by atoms with E-state index >= 15 is 0 Å². The van der Waals surface area contributed by atoms with Crippen LogP contribution in [0.2, 0.25) is 0 Å². The number of Topliss-reactive ketones (excluding diaryl/α,β-unsaturated/α-hetero) is 1. The van der Waals surface area contributed by atoms with Crippen molar-refractivity contribution in [3.63, 3.8) is 0 Å². The fourth-order valence-electron chi connectivity index (χ4n) is 2.99. The first-order valence-electron chi connectivity index (χ1n) is 7.34. The molecule has 0 saturated heterocycles. The van der Waals surface area contributed by atoms with Crippen molar-refractivity contribution in [1.29, 1.82) is 0 Å². The van der Waals surface area contributed by atoms with Gasteiger partial charge in [0.2, 0.25) is 0 Å². The maximum Gasteiger partial charge on any atom is 0.292 e. The largest absolute Gasteiger partial charge is 0.346 e. The smallest absolute Gasteiger partial charge is 0.292 e. The molecule has 0 bridgehead atoms. The molecule has 0 heterocycles. The summed E-state index contributed by atoms with van der Waals surface area (Å²) in [6.07, 6.45) is 4.26. The van der Waals surface area contributed by atoms with E-state index in [1.54, 1.807) is 0 Å². The third kappa shape index (κ3) is 2.77. The van der Waals surface area contributed by atoms with E-state index in [0.717, 1.165) is 47.9 Å². The zero-order valence-corrected chi connectivity index (χ0v) is 12.8. The molecule has 0 aliphatic heterocycles. The van der Waals surface area contributed by atoms with Gasteiger partial charge in [-0.1, -0.05) is 18.9 Å². The van der Waals surface area contributed by atoms with Crippen molar-refractivity contribution in [3.05, 3.63) is 33.9 Å². The molecule has 0 radical (unpaired) electrons. The molecule has 1 fully saturated rings. The highest BCUT2D eigenvalue weighted by atomic mass is 16.2. The van der Waals surface area contributed by atoms with Crippen LogP contribution in [0.25, 0.3) is 0 Å². The van der Waals surface area contributed by atoms with Gasteiger partial charge in [-0.2, -0.15) is 0 Å². The average Bonchev–Trinajstić information content (AvgIpc) is 2.89. The van der Waals surface area contributed by atoms with Gasteiger partial charge in [-0.15, -0.1) is 0 Å². The maximum atomic E-state index is 12.5. The number of carbonyl (C=O) groups is 2. The van der Waals surface area contributed by atoms with Crippen LogP contribution in [0.4, 0.5) is 0 Å². The highest BCUT2D eigenvalue weighted by molar-refractivity contribution is 6.43. The van der Waals surface area contributed by atoms with Crippen LogP contribution in [-0.2, 0) is 4.79 Å². The topological polar surface area (TPSA) is 46.2 Å². The van der Waals surface area contributed by atoms with Crippen molar-refractivity contribution >= 4 is 11.7 Å². The van der Waals surface area contributed by atoms with Gasteiger partial charge in [0.15, 0.2) is 0 Å². The molecule has 3 heteroatoms. The molecule has 0 unspecified atom stereocenters. The van der Waals surface area contributed by atoms with Gasteiger partial charge in [-0.25, -0.2) is 0 Å². The summed E-state index contributed by atoms with van der Waals surface area (Å²) in [6.45, 7) is 7.79. The molecule has 0 aromatic heterocycles. The molecule has 3 nitrogen and oxygen atoms in total. The van der Waals surface area contributed by atoms with Crippen LogP contribution in [-0.4, -0.2) is 17.7 Å². The lowest BCUT2D eigenvalue weighted by Crippen LogP contribution is -2.38. The number of hydrogen-bond donors (Lipinski definition) is 1. The fourth-order valence-corrected chi connectivity index (χ4v) is 2.99. The van der Waals surface area contributed by atoms with Crippen molar-refractivity contribution in [2.45, 2.75) is 59.4 Å². The van der Waals surface area contributed by atoms with Crippen molar-refractivity contribution in [1.82, 2.24) is 5.32 Å². The summed E-state index contributed by atoms with van der Waals surface area (Å²) in [5.41, 5.74) is 4.53. The second-order valence-corrected chi connectivity index (χ2v) is 5.92. The molecular formula is C17H23NO2. The van der Waals surface area contributed by atoms with E-state index in [1.165, 1.54) is 0 Å². The molecule has 1 aromatic carbocycles. The minimum Gasteiger partial charge on any atom is -0.346 e. The molecule has 1 saturated carbocycles. The molecule has 108 valence electrons. The summed E-state index contributed by atoms with van der Waals surface area (Å²) in [7, 11) is 0. The summed E-state index contributed by atoms with van der Waals surface area (Å²) in [4.78, 5) is 24.6. The normalized spacial score (nSPS) is 15.4. The van der Waals surface area contributed by atoms with E-state index < -0.39 is 11.7 Å². The first-order valence-corrected chi connectivity index (χ1v) is 7.34. The van der Waals surface area contributed by atoms with Crippen LogP contribution in [0.3, 0.4) is 0 Å². The molecular weight excluding hydrogens is 250 g/mol. The first kappa shape index (κ1) is 14.8. The third-order valence-corrected chi connectivity index (χ3v) is 4.49. The molecule has 1 aliphatic carbocycles. The maximum absolute atomic E-state index is 12.5. The van der Waals surface area contributed by atoms with Gasteiger partial charge in [0.05, 0.1) is 0 Å². The Hall–Kier alpha value is -1.64. The SMILES string of the molecule is Cc1cc(C)c(C)c(C(=O)C(=O)NC2CCCC2)c1C. The molecule has 0 atom stereocenters. The van der Waals surface area contributed by atoms with Crippen molar-refractivity contribution in [3.8, 4) is 0 Å². The number of rotatable bonds is 3. The van der Waals surface area contributed by atoms with Gasteiger partial charge in [-0.3, -0.25) is 9.59 Å². The van der Waals surface area contributed by atoms with E-state index in [9.17, 15) is 9.59 Å². The van der Waals surface area contributed by atoms with Crippen molar-refractivity contribution in [2.24, 2.45) is 0 Å². The van der Waals surface area contributed by atoms with E-state index in [1.807, 2.05) is 27.7 Å². The lowest BCUT2D eigenvalue weighted by atomic mass is 9.91. The molecule has 1 N–H and O–H groups in total. The van der Waals surface area contributed by atoms with Crippen molar-refractivity contribution in [2.75, 3.05) is 0 Å². The summed E-state index contributed by atoms with van der Waals surface area (Å²) in [6, 6.07) is 2.24. The van der Waals surface area contributed by atoms with Crippen LogP contribution in [0.1, 0.15) is 58.3 Å². The Morgan fingerprint density at radius 2 is 1.50 bits per heavy atom. The minimum absolute atomic E-state index is 0.179. The Bertz CT molecular complexity index is 528. The van der Waals surface area contributed by atoms with Crippen molar-refractivity contribution < 1.29 is 9.59 Å². The van der Waals surface area contributed by atoms with Gasteiger partial charge >= 0.3 is 0 Å². The Labute approximate surface area is 120 Å². The van der Waals surface area contributed by atoms with Crippen LogP contribution < -0.4 is 5.32 Å². The van der Waals surface area contributed by atoms with Crippen LogP contribution >= 0.6 is 0 Å². The Morgan fingerprint density at radius 1 is 1.00 bits per heavy atom. The molecule has 1 aliphatic rings. The predicted molar refractivity (Wildman–Crippen MR) is 80.1 cm³/mol. The summed E-state index contributed by atoms with van der Waals surface area (Å²) >= 11 is 0. The lowest BCUT2D eigenvalue weighted by molar-refractivity contribution is -0.117. The Morgan fingerprint density at radius 3 is 2.00 bits per heavy atom. The van der Waals surface area contributed by atoms with E-state index in [0.29, 0.717) is 5.56 Å². The molecule has 2 rings (SSSR count). The zero-order valence-electron chi connectivity index (χ0n) is 12.8. The third-order valence-electron chi connectivity index (χ3n) is 4.49. The quantitative estimate of drug-likeness (QED) is 0.679. The predicted octanol–water partition coefficient (Wildman–Crippen LogP) is 3.16. The number of aryl methyl sites for hydroxylation is 2. The van der Waals surface area contributed by atoms with Crippen LogP contribution in [0.15, 0.2) is 6.07 Å². The number of amides is 1. The Balaban J connectivity index is 2.26. The monoisotopic (exact) mass is 273 g/mol. The van der Waals surface area contributed by atoms with Crippen LogP contribution in [0, 0.1) is 27.7 Å². The van der Waals surface area contributed by atoms with Gasteiger partial charge in [-0.05, 0) is 62.8 Å². The van der Waals surface area contributed by atoms with E-state index in [-0.39, 0.29) is 6.04 Å². The second-order valence-electron chi connectivity index (χ2n) is 5.92. The highest BCUT2D eigenvalue weighted by Gasteiger charge is 2.25. The first-order chi connectivity index (χ1) is 9.41. The summed E-state index contributed by atoms with van der Waals surface area (Å²) in [5.74, 6) is -0.841. The average molecular weight is 273 g/mol. The van der Waals surface area contributed by atoms with Crippen LogP contribution in [0.5, 0.6) is 0 Å². The second kappa shape index (κ2) is 5.78. The van der Waals surface area contributed by atoms with Gasteiger partial charge < -0.3 is 5.32 Å². The van der Waals surface area contributed by atoms with E-state index in [2.05, 4.69) is 11.4 Å². The standard InChI is InChI=1S/C17H23NO2/c1-10-9-11(2)13(4)15(12(10)3)16(19)17(20)18-14-7-5-6-8-14/h9,14H,5-8H2,1-4H3,(H,18,20). The number of ketones is 1. The zero-order chi connectivity index (χ0) is 14.9. The molecule has 20 heavy (non-hydrogen) atoms. The highest BCUT2D eigenvalue weighted by Crippen LogP contribution is 2.23. The number of hydrogen-bond acceptors (Lipinski definition) is 2. The minimum atomic E-state index is -0.451. The fraction of sp³-hybridized carbons (Fsp3) is 0.529. The lowest BCUT2D eigenvalue weighted by Gasteiger charge is -2.16. The van der Waals surface area contributed by atoms with Gasteiger partial charge in [0.25, 0.3) is 11.7 Å². The van der Waals surface area contributed by atoms with Gasteiger partial charge in [0, 0.05) is 11.6 Å². The molecule has 1 aromatic rings. The Kier molecular flexibility index (Phi) is 4.26. The molecule has 0 spiro atoms. The summed E-state index contributed by atoms with van der Waals surface area (Å²) < 4.78 is 0. The number of nitrogens with one attached hydrogen (secondary N) is 1. The number of benzene rings is 1. The van der Waals surface area contributed by atoms with Gasteiger partial charge in [0.1, 0.15) is 0 Å².